The molecule has 0 aliphatic rings. The lowest BCUT2D eigenvalue weighted by Crippen LogP contribution is -2.32. The molecule has 3 heteroatoms. The van der Waals surface area contributed by atoms with E-state index in [0.717, 1.165) is 26.2 Å². The predicted octanol–water partition coefficient (Wildman–Crippen LogP) is 3.68. The normalized spacial score (nSPS) is 10.7. The van der Waals surface area contributed by atoms with E-state index in [-0.39, 0.29) is 0 Å². The van der Waals surface area contributed by atoms with E-state index in [9.17, 15) is 0 Å². The van der Waals surface area contributed by atoms with Gasteiger partial charge >= 0.3 is 0 Å². The van der Waals surface area contributed by atoms with Crippen molar-refractivity contribution in [3.8, 4) is 0 Å². The van der Waals surface area contributed by atoms with E-state index < -0.39 is 0 Å². The predicted molar refractivity (Wildman–Crippen MR) is 84.0 cm³/mol. The number of nitrogens with zero attached hydrogens (tertiary/aromatic N) is 1. The zero-order chi connectivity index (χ0) is 14.0. The van der Waals surface area contributed by atoms with Crippen LogP contribution >= 0.6 is 0 Å². The maximum absolute atomic E-state index is 5.06. The molecule has 0 bridgehead atoms. The minimum absolute atomic E-state index is 0.868. The van der Waals surface area contributed by atoms with Crippen molar-refractivity contribution in [2.75, 3.05) is 24.5 Å². The minimum Gasteiger partial charge on any atom is -0.472 e. The van der Waals surface area contributed by atoms with Crippen molar-refractivity contribution < 1.29 is 4.42 Å². The van der Waals surface area contributed by atoms with Crippen LogP contribution in [0.4, 0.5) is 5.69 Å². The molecule has 1 heterocycles. The molecule has 1 aromatic heterocycles. The van der Waals surface area contributed by atoms with Gasteiger partial charge in [0.25, 0.3) is 0 Å². The van der Waals surface area contributed by atoms with Crippen LogP contribution in [0.25, 0.3) is 0 Å². The lowest BCUT2D eigenvalue weighted by atomic mass is 10.2. The third-order valence-electron chi connectivity index (χ3n) is 3.37. The third-order valence-corrected chi connectivity index (χ3v) is 3.37. The molecule has 0 spiro atoms. The first kappa shape index (κ1) is 14.7. The van der Waals surface area contributed by atoms with E-state index in [1.54, 1.807) is 12.5 Å². The zero-order valence-electron chi connectivity index (χ0n) is 12.2. The molecule has 0 saturated carbocycles. The largest absolute Gasteiger partial charge is 0.472 e. The van der Waals surface area contributed by atoms with E-state index >= 15 is 0 Å². The number of furan rings is 1. The fourth-order valence-electron chi connectivity index (χ4n) is 2.20. The summed E-state index contributed by atoms with van der Waals surface area (Å²) < 4.78 is 5.06. The zero-order valence-corrected chi connectivity index (χ0v) is 12.2. The van der Waals surface area contributed by atoms with Crippen LogP contribution in [-0.4, -0.2) is 19.6 Å². The van der Waals surface area contributed by atoms with Gasteiger partial charge in [-0.3, -0.25) is 0 Å². The summed E-state index contributed by atoms with van der Waals surface area (Å²) in [5.74, 6) is 0. The van der Waals surface area contributed by atoms with Crippen LogP contribution in [-0.2, 0) is 6.54 Å². The SMILES string of the molecule is CCCCN(CCNCc1ccoc1)c1ccccc1. The van der Waals surface area contributed by atoms with Crippen molar-refractivity contribution >= 4 is 5.69 Å². The van der Waals surface area contributed by atoms with Gasteiger partial charge in [0.1, 0.15) is 0 Å². The van der Waals surface area contributed by atoms with Crippen LogP contribution in [0, 0.1) is 0 Å². The van der Waals surface area contributed by atoms with Crippen molar-refractivity contribution in [2.24, 2.45) is 0 Å². The molecule has 108 valence electrons. The molecule has 0 aliphatic carbocycles. The molecule has 0 unspecified atom stereocenters. The quantitative estimate of drug-likeness (QED) is 0.706. The second-order valence-electron chi connectivity index (χ2n) is 4.98. The smallest absolute Gasteiger partial charge is 0.0947 e. The van der Waals surface area contributed by atoms with E-state index in [4.69, 9.17) is 4.42 Å². The number of anilines is 1. The molecule has 0 amide bonds. The second-order valence-corrected chi connectivity index (χ2v) is 4.98. The molecule has 3 nitrogen and oxygen atoms in total. The van der Waals surface area contributed by atoms with Crippen LogP contribution in [0.3, 0.4) is 0 Å². The first-order valence-corrected chi connectivity index (χ1v) is 7.42. The topological polar surface area (TPSA) is 28.4 Å². The summed E-state index contributed by atoms with van der Waals surface area (Å²) >= 11 is 0. The molecule has 20 heavy (non-hydrogen) atoms. The third kappa shape index (κ3) is 4.74. The van der Waals surface area contributed by atoms with Gasteiger partial charge in [0.15, 0.2) is 0 Å². The van der Waals surface area contributed by atoms with Crippen LogP contribution in [0.5, 0.6) is 0 Å². The number of nitrogens with one attached hydrogen (secondary N) is 1. The summed E-state index contributed by atoms with van der Waals surface area (Å²) in [6, 6.07) is 12.6. The Labute approximate surface area is 121 Å². The molecule has 0 fully saturated rings. The Morgan fingerprint density at radius 1 is 1.10 bits per heavy atom. The van der Waals surface area contributed by atoms with Crippen LogP contribution in [0.2, 0.25) is 0 Å². The maximum atomic E-state index is 5.06. The summed E-state index contributed by atoms with van der Waals surface area (Å²) in [6.45, 7) is 6.23. The molecule has 1 N–H and O–H groups in total. The van der Waals surface area contributed by atoms with Crippen molar-refractivity contribution in [3.63, 3.8) is 0 Å². The van der Waals surface area contributed by atoms with Gasteiger partial charge < -0.3 is 14.6 Å². The van der Waals surface area contributed by atoms with Gasteiger partial charge in [0, 0.05) is 37.4 Å². The lowest BCUT2D eigenvalue weighted by Gasteiger charge is -2.25. The number of benzene rings is 1. The molecule has 2 rings (SSSR count). The summed E-state index contributed by atoms with van der Waals surface area (Å²) in [5.41, 5.74) is 2.51. The minimum atomic E-state index is 0.868. The maximum Gasteiger partial charge on any atom is 0.0947 e. The van der Waals surface area contributed by atoms with Crippen LogP contribution in [0.15, 0.2) is 53.3 Å². The highest BCUT2D eigenvalue weighted by Gasteiger charge is 2.04. The summed E-state index contributed by atoms with van der Waals surface area (Å²) in [6.07, 6.45) is 5.97. The highest BCUT2D eigenvalue weighted by Crippen LogP contribution is 2.13. The Morgan fingerprint density at radius 2 is 1.95 bits per heavy atom. The van der Waals surface area contributed by atoms with E-state index in [1.807, 2.05) is 6.07 Å². The van der Waals surface area contributed by atoms with Gasteiger partial charge in [0.05, 0.1) is 12.5 Å². The van der Waals surface area contributed by atoms with Gasteiger partial charge in [-0.2, -0.15) is 0 Å². The monoisotopic (exact) mass is 272 g/mol. The molecular weight excluding hydrogens is 248 g/mol. The Balaban J connectivity index is 1.78. The first-order chi connectivity index (χ1) is 9.90. The molecular formula is C17H24N2O. The Hall–Kier alpha value is -1.74. The summed E-state index contributed by atoms with van der Waals surface area (Å²) in [4.78, 5) is 2.45. The average molecular weight is 272 g/mol. The van der Waals surface area contributed by atoms with Gasteiger partial charge in [-0.15, -0.1) is 0 Å². The van der Waals surface area contributed by atoms with Crippen molar-refractivity contribution in [1.82, 2.24) is 5.32 Å². The highest BCUT2D eigenvalue weighted by molar-refractivity contribution is 5.45. The van der Waals surface area contributed by atoms with E-state index in [2.05, 4.69) is 47.5 Å². The summed E-state index contributed by atoms with van der Waals surface area (Å²) in [7, 11) is 0. The van der Waals surface area contributed by atoms with Gasteiger partial charge in [-0.05, 0) is 24.6 Å². The van der Waals surface area contributed by atoms with Gasteiger partial charge in [-0.25, -0.2) is 0 Å². The highest BCUT2D eigenvalue weighted by atomic mass is 16.3. The Bertz CT molecular complexity index is 453. The molecule has 0 atom stereocenters. The molecule has 0 aliphatic heterocycles. The van der Waals surface area contributed by atoms with E-state index in [0.29, 0.717) is 0 Å². The van der Waals surface area contributed by atoms with Crippen molar-refractivity contribution in [1.29, 1.82) is 0 Å². The van der Waals surface area contributed by atoms with Crippen LogP contribution < -0.4 is 10.2 Å². The number of rotatable bonds is 9. The van der Waals surface area contributed by atoms with Crippen molar-refractivity contribution in [3.05, 3.63) is 54.5 Å². The van der Waals surface area contributed by atoms with Crippen LogP contribution in [0.1, 0.15) is 25.3 Å². The average Bonchev–Trinajstić information content (AvgIpc) is 3.01. The number of hydrogen-bond donors (Lipinski definition) is 1. The number of hydrogen-bond acceptors (Lipinski definition) is 3. The summed E-state index contributed by atoms with van der Waals surface area (Å²) in [5, 5.41) is 3.46. The lowest BCUT2D eigenvalue weighted by molar-refractivity contribution is 0.560. The molecule has 0 radical (unpaired) electrons. The Morgan fingerprint density at radius 3 is 2.65 bits per heavy atom. The standard InChI is InChI=1S/C17H24N2O/c1-2-3-11-19(17-7-5-4-6-8-17)12-10-18-14-16-9-13-20-15-16/h4-9,13,15,18H,2-3,10-12,14H2,1H3. The fraction of sp³-hybridized carbons (Fsp3) is 0.412. The number of unbranched alkanes of at least 4 members (excludes halogenated alkanes) is 1. The van der Waals surface area contributed by atoms with E-state index in [1.165, 1.54) is 24.1 Å². The molecule has 1 aromatic carbocycles. The first-order valence-electron chi connectivity index (χ1n) is 7.42. The molecule has 0 saturated heterocycles. The molecule has 2 aromatic rings. The fourth-order valence-corrected chi connectivity index (χ4v) is 2.20. The van der Waals surface area contributed by atoms with Crippen molar-refractivity contribution in [2.45, 2.75) is 26.3 Å². The number of para-hydroxylation sites is 1. The van der Waals surface area contributed by atoms with Gasteiger partial charge in [-0.1, -0.05) is 31.5 Å². The Kier molecular flexibility index (Phi) is 6.18. The second kappa shape index (κ2) is 8.43. The van der Waals surface area contributed by atoms with Gasteiger partial charge in [0.2, 0.25) is 0 Å².